The Labute approximate surface area is 213 Å². The first-order valence-electron chi connectivity index (χ1n) is 11.9. The summed E-state index contributed by atoms with van der Waals surface area (Å²) in [7, 11) is 3.70. The lowest BCUT2D eigenvalue weighted by atomic mass is 10.2. The lowest BCUT2D eigenvalue weighted by Crippen LogP contribution is -2.30. The van der Waals surface area contributed by atoms with Crippen molar-refractivity contribution in [2.45, 2.75) is 42.0 Å². The van der Waals surface area contributed by atoms with Gasteiger partial charge in [0.25, 0.3) is 0 Å². The molecule has 1 aliphatic heterocycles. The van der Waals surface area contributed by atoms with E-state index in [4.69, 9.17) is 9.47 Å². The Morgan fingerprint density at radius 2 is 2.11 bits per heavy atom. The third-order valence-electron chi connectivity index (χ3n) is 6.10. The van der Waals surface area contributed by atoms with Crippen molar-refractivity contribution in [1.82, 2.24) is 25.2 Å². The van der Waals surface area contributed by atoms with Gasteiger partial charge >= 0.3 is 6.03 Å². The highest BCUT2D eigenvalue weighted by molar-refractivity contribution is 8.00. The summed E-state index contributed by atoms with van der Waals surface area (Å²) in [5.41, 5.74) is 2.36. The Morgan fingerprint density at radius 3 is 2.89 bits per heavy atom. The van der Waals surface area contributed by atoms with Crippen molar-refractivity contribution in [3.05, 3.63) is 59.7 Å². The third kappa shape index (κ3) is 5.63. The molecule has 0 saturated heterocycles. The Hall–Kier alpha value is -3.15. The molecule has 1 atom stereocenters. The number of carbonyl (C=O) groups is 1. The molecule has 1 aliphatic carbocycles. The number of urea groups is 1. The van der Waals surface area contributed by atoms with Crippen LogP contribution in [0.3, 0.4) is 0 Å². The van der Waals surface area contributed by atoms with E-state index in [0.717, 1.165) is 41.5 Å². The molecular formula is C25H29FN6O3S. The fourth-order valence-corrected chi connectivity index (χ4v) is 5.35. The number of nitrogens with one attached hydrogen (secondary N) is 3. The molecule has 2 aliphatic rings. The van der Waals surface area contributed by atoms with Crippen LogP contribution in [-0.4, -0.2) is 46.9 Å². The summed E-state index contributed by atoms with van der Waals surface area (Å²) in [6.07, 6.45) is 6.24. The SMILES string of the molecule is COCCNCc1cnc(C2Cc3nccc(Oc4ccc(NC(=O)NC5CC5)cc4F)c3S2)n1C. The number of anilines is 1. The zero-order valence-corrected chi connectivity index (χ0v) is 21.0. The smallest absolute Gasteiger partial charge is 0.319 e. The van der Waals surface area contributed by atoms with Crippen LogP contribution >= 0.6 is 11.8 Å². The minimum absolute atomic E-state index is 0.0800. The van der Waals surface area contributed by atoms with Crippen LogP contribution in [0, 0.1) is 5.82 Å². The summed E-state index contributed by atoms with van der Waals surface area (Å²) in [5.74, 6) is 1.04. The molecule has 3 aromatic rings. The standard InChI is InChI=1S/C25H29FN6O3S/c1-32-17(13-27-9-10-34-2)14-29-24(32)22-12-19-23(36-22)21(7-8-28-19)35-20-6-5-16(11-18(20)26)31-25(33)30-15-3-4-15/h5-8,11,14-15,22,27H,3-4,9-10,12-13H2,1-2H3,(H2,30,31,33). The van der Waals surface area contributed by atoms with E-state index < -0.39 is 5.82 Å². The number of carbonyl (C=O) groups excluding carboxylic acids is 1. The second-order valence-electron chi connectivity index (χ2n) is 8.85. The van der Waals surface area contributed by atoms with Crippen molar-refractivity contribution < 1.29 is 18.7 Å². The van der Waals surface area contributed by atoms with Crippen LogP contribution in [0.25, 0.3) is 0 Å². The fourth-order valence-electron chi connectivity index (χ4n) is 4.00. The number of thioether (sulfide) groups is 1. The lowest BCUT2D eigenvalue weighted by molar-refractivity contribution is 0.199. The average Bonchev–Trinajstić information content (AvgIpc) is 3.43. The first-order chi connectivity index (χ1) is 17.5. The minimum atomic E-state index is -0.556. The molecule has 1 fully saturated rings. The number of halogens is 1. The van der Waals surface area contributed by atoms with Gasteiger partial charge in [-0.25, -0.2) is 14.2 Å². The number of fused-ring (bicyclic) bond motifs is 1. The predicted octanol–water partition coefficient (Wildman–Crippen LogP) is 4.16. The average molecular weight is 513 g/mol. The highest BCUT2D eigenvalue weighted by Crippen LogP contribution is 2.50. The number of benzene rings is 1. The number of hydrogen-bond donors (Lipinski definition) is 3. The number of ether oxygens (including phenoxy) is 2. The highest BCUT2D eigenvalue weighted by Gasteiger charge is 2.31. The molecule has 1 saturated carbocycles. The van der Waals surface area contributed by atoms with Crippen LogP contribution in [0.5, 0.6) is 11.5 Å². The summed E-state index contributed by atoms with van der Waals surface area (Å²) in [5, 5.41) is 8.90. The van der Waals surface area contributed by atoms with Gasteiger partial charge in [-0.15, -0.1) is 11.8 Å². The van der Waals surface area contributed by atoms with E-state index in [1.807, 2.05) is 13.2 Å². The number of imidazole rings is 1. The fraction of sp³-hybridized carbons (Fsp3) is 0.400. The van der Waals surface area contributed by atoms with E-state index in [0.29, 0.717) is 31.0 Å². The molecule has 0 bridgehead atoms. The molecule has 5 rings (SSSR count). The van der Waals surface area contributed by atoms with E-state index in [1.165, 1.54) is 12.1 Å². The van der Waals surface area contributed by atoms with E-state index in [1.54, 1.807) is 37.2 Å². The predicted molar refractivity (Wildman–Crippen MR) is 135 cm³/mol. The molecule has 3 heterocycles. The van der Waals surface area contributed by atoms with Crippen LogP contribution in [0.2, 0.25) is 0 Å². The first kappa shape index (κ1) is 24.5. The number of methoxy groups -OCH3 is 1. The number of pyridine rings is 1. The van der Waals surface area contributed by atoms with Crippen molar-refractivity contribution in [3.63, 3.8) is 0 Å². The van der Waals surface area contributed by atoms with Crippen LogP contribution < -0.4 is 20.7 Å². The summed E-state index contributed by atoms with van der Waals surface area (Å²) >= 11 is 1.62. The lowest BCUT2D eigenvalue weighted by Gasteiger charge is -2.13. The minimum Gasteiger partial charge on any atom is -0.453 e. The van der Waals surface area contributed by atoms with Gasteiger partial charge in [-0.1, -0.05) is 0 Å². The number of aromatic nitrogens is 3. The van der Waals surface area contributed by atoms with Gasteiger partial charge in [-0.2, -0.15) is 0 Å². The third-order valence-corrected chi connectivity index (χ3v) is 7.44. The molecule has 36 heavy (non-hydrogen) atoms. The van der Waals surface area contributed by atoms with E-state index in [2.05, 4.69) is 30.5 Å². The molecule has 0 radical (unpaired) electrons. The van der Waals surface area contributed by atoms with Gasteiger partial charge in [0.05, 0.1) is 28.1 Å². The Balaban J connectivity index is 1.25. The molecule has 3 N–H and O–H groups in total. The van der Waals surface area contributed by atoms with Crippen molar-refractivity contribution in [1.29, 1.82) is 0 Å². The van der Waals surface area contributed by atoms with Crippen LogP contribution in [0.4, 0.5) is 14.9 Å². The maximum absolute atomic E-state index is 14.8. The topological polar surface area (TPSA) is 102 Å². The zero-order valence-electron chi connectivity index (χ0n) is 20.2. The second-order valence-corrected chi connectivity index (χ2v) is 10.1. The van der Waals surface area contributed by atoms with Crippen molar-refractivity contribution in [2.24, 2.45) is 7.05 Å². The molecule has 9 nitrogen and oxygen atoms in total. The highest BCUT2D eigenvalue weighted by atomic mass is 32.2. The maximum Gasteiger partial charge on any atom is 0.319 e. The molecular weight excluding hydrogens is 483 g/mol. The normalized spacial score (nSPS) is 16.6. The summed E-state index contributed by atoms with van der Waals surface area (Å²) in [6, 6.07) is 6.04. The zero-order chi connectivity index (χ0) is 25.1. The van der Waals surface area contributed by atoms with E-state index >= 15 is 0 Å². The molecule has 2 amide bonds. The Bertz CT molecular complexity index is 1250. The van der Waals surface area contributed by atoms with Gasteiger partial charge in [0.15, 0.2) is 11.6 Å². The van der Waals surface area contributed by atoms with Crippen molar-refractivity contribution >= 4 is 23.5 Å². The quantitative estimate of drug-likeness (QED) is 0.351. The van der Waals surface area contributed by atoms with Crippen LogP contribution in [0.15, 0.2) is 41.6 Å². The molecule has 11 heteroatoms. The van der Waals surface area contributed by atoms with Crippen molar-refractivity contribution in [3.8, 4) is 11.5 Å². The number of rotatable bonds is 10. The molecule has 2 aromatic heterocycles. The largest absolute Gasteiger partial charge is 0.453 e. The monoisotopic (exact) mass is 512 g/mol. The Kier molecular flexibility index (Phi) is 7.40. The molecule has 0 spiro atoms. The molecule has 190 valence electrons. The van der Waals surface area contributed by atoms with Gasteiger partial charge in [0.2, 0.25) is 0 Å². The van der Waals surface area contributed by atoms with Crippen molar-refractivity contribution in [2.75, 3.05) is 25.6 Å². The summed E-state index contributed by atoms with van der Waals surface area (Å²) in [6.45, 7) is 2.13. The Morgan fingerprint density at radius 1 is 1.25 bits per heavy atom. The number of hydrogen-bond acceptors (Lipinski definition) is 7. The van der Waals surface area contributed by atoms with Gasteiger partial charge in [0.1, 0.15) is 11.6 Å². The van der Waals surface area contributed by atoms with E-state index in [-0.39, 0.29) is 23.1 Å². The van der Waals surface area contributed by atoms with Gasteiger partial charge < -0.3 is 30.0 Å². The maximum atomic E-state index is 14.8. The summed E-state index contributed by atoms with van der Waals surface area (Å²) in [4.78, 5) is 22.0. The van der Waals surface area contributed by atoms with E-state index in [9.17, 15) is 9.18 Å². The van der Waals surface area contributed by atoms with Gasteiger partial charge in [-0.3, -0.25) is 4.98 Å². The van der Waals surface area contributed by atoms with Crippen LogP contribution in [0.1, 0.15) is 35.3 Å². The molecule has 1 unspecified atom stereocenters. The van der Waals surface area contributed by atoms with Crippen LogP contribution in [-0.2, 0) is 24.8 Å². The second kappa shape index (κ2) is 10.9. The summed E-state index contributed by atoms with van der Waals surface area (Å²) < 4.78 is 28.0. The van der Waals surface area contributed by atoms with Gasteiger partial charge in [0, 0.05) is 69.9 Å². The number of nitrogens with zero attached hydrogens (tertiary/aromatic N) is 3. The number of amides is 2. The first-order valence-corrected chi connectivity index (χ1v) is 12.8. The molecule has 1 aromatic carbocycles. The van der Waals surface area contributed by atoms with Gasteiger partial charge in [-0.05, 0) is 25.0 Å².